The summed E-state index contributed by atoms with van der Waals surface area (Å²) in [5.41, 5.74) is 4.32. The monoisotopic (exact) mass is 373 g/mol. The average Bonchev–Trinajstić information content (AvgIpc) is 2.89. The summed E-state index contributed by atoms with van der Waals surface area (Å²) in [6, 6.07) is 14.6. The molecule has 0 spiro atoms. The highest BCUT2D eigenvalue weighted by Crippen LogP contribution is 2.35. The number of pyridine rings is 1. The second-order valence-electron chi connectivity index (χ2n) is 8.35. The molecule has 4 heterocycles. The SMILES string of the molecule is Cc1ccc(C#Cc2ccc(N3CC4CCC(C3)N4C3COC3)nc2C)cc1. The van der Waals surface area contributed by atoms with Crippen LogP contribution in [0.1, 0.15) is 35.2 Å². The number of benzene rings is 1. The maximum atomic E-state index is 5.43. The van der Waals surface area contributed by atoms with E-state index in [0.29, 0.717) is 18.1 Å². The van der Waals surface area contributed by atoms with Crippen LogP contribution in [0, 0.1) is 25.7 Å². The Morgan fingerprint density at radius 3 is 2.21 bits per heavy atom. The minimum Gasteiger partial charge on any atom is -0.378 e. The van der Waals surface area contributed by atoms with Crippen LogP contribution in [0.4, 0.5) is 5.82 Å². The molecule has 2 bridgehead atoms. The Balaban J connectivity index is 1.31. The van der Waals surface area contributed by atoms with Crippen molar-refractivity contribution in [2.24, 2.45) is 0 Å². The molecule has 2 atom stereocenters. The van der Waals surface area contributed by atoms with Crippen LogP contribution < -0.4 is 4.90 Å². The van der Waals surface area contributed by atoms with Crippen LogP contribution in [0.2, 0.25) is 0 Å². The minimum atomic E-state index is 0.647. The van der Waals surface area contributed by atoms with Gasteiger partial charge < -0.3 is 9.64 Å². The molecule has 3 aliphatic heterocycles. The predicted octanol–water partition coefficient (Wildman–Crippen LogP) is 3.15. The van der Waals surface area contributed by atoms with E-state index in [0.717, 1.165) is 48.9 Å². The molecular weight excluding hydrogens is 346 g/mol. The lowest BCUT2D eigenvalue weighted by atomic mass is 10.1. The summed E-state index contributed by atoms with van der Waals surface area (Å²) >= 11 is 0. The standard InChI is InChI=1S/C24H27N3O/c1-17-3-5-19(6-4-17)7-8-20-9-12-24(25-18(20)2)26-13-21-10-11-22(14-26)27(21)23-15-28-16-23/h3-6,9,12,21-23H,10-11,13-16H2,1-2H3. The second kappa shape index (κ2) is 7.24. The van der Waals surface area contributed by atoms with Crippen molar-refractivity contribution in [3.8, 4) is 11.8 Å². The van der Waals surface area contributed by atoms with Crippen molar-refractivity contribution in [2.75, 3.05) is 31.2 Å². The Morgan fingerprint density at radius 2 is 1.61 bits per heavy atom. The average molecular weight is 374 g/mol. The van der Waals surface area contributed by atoms with Gasteiger partial charge in [-0.05, 0) is 51.0 Å². The van der Waals surface area contributed by atoms with E-state index in [9.17, 15) is 0 Å². The number of ether oxygens (including phenoxy) is 1. The van der Waals surface area contributed by atoms with Crippen molar-refractivity contribution >= 4 is 5.82 Å². The van der Waals surface area contributed by atoms with Crippen LogP contribution in [-0.4, -0.2) is 54.3 Å². The molecular formula is C24H27N3O. The molecule has 0 N–H and O–H groups in total. The fourth-order valence-electron chi connectivity index (χ4n) is 4.75. The van der Waals surface area contributed by atoms with E-state index in [-0.39, 0.29) is 0 Å². The zero-order valence-electron chi connectivity index (χ0n) is 16.7. The first kappa shape index (κ1) is 17.7. The molecule has 144 valence electrons. The summed E-state index contributed by atoms with van der Waals surface area (Å²) < 4.78 is 5.43. The predicted molar refractivity (Wildman–Crippen MR) is 112 cm³/mol. The smallest absolute Gasteiger partial charge is 0.128 e. The van der Waals surface area contributed by atoms with E-state index in [1.165, 1.54) is 18.4 Å². The Labute approximate surface area is 167 Å². The Bertz CT molecular complexity index is 909. The Morgan fingerprint density at radius 1 is 0.893 bits per heavy atom. The highest BCUT2D eigenvalue weighted by Gasteiger charge is 2.45. The maximum Gasteiger partial charge on any atom is 0.128 e. The molecule has 0 saturated carbocycles. The molecule has 1 aromatic carbocycles. The molecule has 0 amide bonds. The van der Waals surface area contributed by atoms with Gasteiger partial charge >= 0.3 is 0 Å². The molecule has 5 rings (SSSR count). The number of aryl methyl sites for hydroxylation is 2. The maximum absolute atomic E-state index is 5.43. The quantitative estimate of drug-likeness (QED) is 0.756. The number of anilines is 1. The topological polar surface area (TPSA) is 28.6 Å². The highest BCUT2D eigenvalue weighted by molar-refractivity contribution is 5.50. The largest absolute Gasteiger partial charge is 0.378 e. The van der Waals surface area contributed by atoms with Crippen LogP contribution in [0.15, 0.2) is 36.4 Å². The van der Waals surface area contributed by atoms with Gasteiger partial charge in [0.25, 0.3) is 0 Å². The molecule has 4 heteroatoms. The van der Waals surface area contributed by atoms with Crippen LogP contribution in [0.3, 0.4) is 0 Å². The Hall–Kier alpha value is -2.35. The van der Waals surface area contributed by atoms with Gasteiger partial charge in [-0.1, -0.05) is 29.5 Å². The van der Waals surface area contributed by atoms with Gasteiger partial charge in [0.05, 0.1) is 24.9 Å². The van der Waals surface area contributed by atoms with E-state index < -0.39 is 0 Å². The van der Waals surface area contributed by atoms with Gasteiger partial charge in [-0.15, -0.1) is 0 Å². The minimum absolute atomic E-state index is 0.647. The fraction of sp³-hybridized carbons (Fsp3) is 0.458. The van der Waals surface area contributed by atoms with Crippen molar-refractivity contribution < 1.29 is 4.74 Å². The summed E-state index contributed by atoms with van der Waals surface area (Å²) in [5.74, 6) is 7.65. The van der Waals surface area contributed by atoms with Gasteiger partial charge in [0.15, 0.2) is 0 Å². The molecule has 28 heavy (non-hydrogen) atoms. The van der Waals surface area contributed by atoms with Gasteiger partial charge in [-0.25, -0.2) is 4.98 Å². The van der Waals surface area contributed by atoms with E-state index in [2.05, 4.69) is 71.9 Å². The number of fused-ring (bicyclic) bond motifs is 2. The van der Waals surface area contributed by atoms with E-state index >= 15 is 0 Å². The molecule has 2 aromatic rings. The van der Waals surface area contributed by atoms with Gasteiger partial charge in [-0.2, -0.15) is 0 Å². The molecule has 3 aliphatic rings. The number of aromatic nitrogens is 1. The van der Waals surface area contributed by atoms with Crippen LogP contribution in [0.25, 0.3) is 0 Å². The van der Waals surface area contributed by atoms with Crippen molar-refractivity contribution in [1.82, 2.24) is 9.88 Å². The normalized spacial score (nSPS) is 24.6. The van der Waals surface area contributed by atoms with E-state index in [4.69, 9.17) is 9.72 Å². The van der Waals surface area contributed by atoms with Crippen molar-refractivity contribution in [3.63, 3.8) is 0 Å². The summed E-state index contributed by atoms with van der Waals surface area (Å²) in [5, 5.41) is 0. The number of nitrogens with zero attached hydrogens (tertiary/aromatic N) is 3. The zero-order valence-corrected chi connectivity index (χ0v) is 16.7. The highest BCUT2D eigenvalue weighted by atomic mass is 16.5. The summed E-state index contributed by atoms with van der Waals surface area (Å²) in [7, 11) is 0. The second-order valence-corrected chi connectivity index (χ2v) is 8.35. The Kier molecular flexibility index (Phi) is 4.58. The lowest BCUT2D eigenvalue weighted by Crippen LogP contribution is -2.62. The molecule has 0 aliphatic carbocycles. The van der Waals surface area contributed by atoms with Gasteiger partial charge in [0.1, 0.15) is 5.82 Å². The van der Waals surface area contributed by atoms with Gasteiger partial charge in [0, 0.05) is 36.3 Å². The van der Waals surface area contributed by atoms with Crippen molar-refractivity contribution in [1.29, 1.82) is 0 Å². The van der Waals surface area contributed by atoms with Crippen LogP contribution in [-0.2, 0) is 4.74 Å². The fourth-order valence-corrected chi connectivity index (χ4v) is 4.75. The molecule has 0 radical (unpaired) electrons. The van der Waals surface area contributed by atoms with Crippen LogP contribution in [0.5, 0.6) is 0 Å². The first-order chi connectivity index (χ1) is 13.7. The summed E-state index contributed by atoms with van der Waals surface area (Å²) in [4.78, 5) is 10.1. The summed E-state index contributed by atoms with van der Waals surface area (Å²) in [6.07, 6.45) is 2.60. The molecule has 3 fully saturated rings. The number of hydrogen-bond acceptors (Lipinski definition) is 4. The molecule has 2 unspecified atom stereocenters. The third-order valence-electron chi connectivity index (χ3n) is 6.37. The first-order valence-corrected chi connectivity index (χ1v) is 10.3. The molecule has 1 aromatic heterocycles. The molecule has 4 nitrogen and oxygen atoms in total. The summed E-state index contributed by atoms with van der Waals surface area (Å²) in [6.45, 7) is 8.15. The van der Waals surface area contributed by atoms with Gasteiger partial charge in [-0.3, -0.25) is 4.90 Å². The van der Waals surface area contributed by atoms with Crippen molar-refractivity contribution in [3.05, 3.63) is 58.8 Å². The third kappa shape index (κ3) is 3.30. The lowest BCUT2D eigenvalue weighted by molar-refractivity contribution is -0.0850. The molecule has 3 saturated heterocycles. The lowest BCUT2D eigenvalue weighted by Gasteiger charge is -2.48. The van der Waals surface area contributed by atoms with E-state index in [1.807, 2.05) is 0 Å². The van der Waals surface area contributed by atoms with Crippen LogP contribution >= 0.6 is 0 Å². The number of rotatable bonds is 2. The number of piperazine rings is 1. The first-order valence-electron chi connectivity index (χ1n) is 10.3. The van der Waals surface area contributed by atoms with E-state index in [1.54, 1.807) is 0 Å². The number of hydrogen-bond donors (Lipinski definition) is 0. The van der Waals surface area contributed by atoms with Crippen molar-refractivity contribution in [2.45, 2.75) is 44.8 Å². The van der Waals surface area contributed by atoms with Gasteiger partial charge in [0.2, 0.25) is 0 Å². The zero-order chi connectivity index (χ0) is 19.1. The third-order valence-corrected chi connectivity index (χ3v) is 6.37.